The van der Waals surface area contributed by atoms with Gasteiger partial charge in [-0.05, 0) is 49.2 Å². The lowest BCUT2D eigenvalue weighted by Crippen LogP contribution is -2.49. The number of carbonyl (C=O) groups is 1. The van der Waals surface area contributed by atoms with Crippen LogP contribution in [0, 0.1) is 0 Å². The number of ether oxygens (including phenoxy) is 2. The van der Waals surface area contributed by atoms with Crippen molar-refractivity contribution >= 4 is 16.7 Å². The van der Waals surface area contributed by atoms with Crippen LogP contribution in [-0.2, 0) is 9.53 Å². The maximum Gasteiger partial charge on any atom is 0.230 e. The molecule has 0 spiro atoms. The second-order valence-electron chi connectivity index (χ2n) is 6.69. The summed E-state index contributed by atoms with van der Waals surface area (Å²) in [5, 5.41) is 2.24. The molecule has 0 saturated carbocycles. The van der Waals surface area contributed by atoms with E-state index in [0.717, 1.165) is 22.1 Å². The van der Waals surface area contributed by atoms with E-state index in [1.165, 1.54) is 0 Å². The maximum atomic E-state index is 12.9. The number of hydrogen-bond donors (Lipinski definition) is 0. The molecule has 0 radical (unpaired) electrons. The molecule has 4 nitrogen and oxygen atoms in total. The van der Waals surface area contributed by atoms with Gasteiger partial charge in [0.2, 0.25) is 5.91 Å². The molecule has 2 aromatic rings. The lowest BCUT2D eigenvalue weighted by Gasteiger charge is -2.36. The largest absolute Gasteiger partial charge is 0.497 e. The molecule has 0 unspecified atom stereocenters. The smallest absolute Gasteiger partial charge is 0.230 e. The highest BCUT2D eigenvalue weighted by Gasteiger charge is 2.29. The molecule has 1 aliphatic rings. The molecule has 2 aromatic carbocycles. The monoisotopic (exact) mass is 327 g/mol. The molecule has 0 aliphatic carbocycles. The predicted octanol–water partition coefficient (Wildman–Crippen LogP) is 3.59. The third-order valence-corrected chi connectivity index (χ3v) is 4.67. The van der Waals surface area contributed by atoms with E-state index in [9.17, 15) is 4.79 Å². The summed E-state index contributed by atoms with van der Waals surface area (Å²) in [6.45, 7) is 7.35. The summed E-state index contributed by atoms with van der Waals surface area (Å²) >= 11 is 0. The lowest BCUT2D eigenvalue weighted by atomic mass is 9.96. The number of amides is 1. The van der Waals surface area contributed by atoms with Gasteiger partial charge in [-0.1, -0.05) is 24.3 Å². The average molecular weight is 327 g/mol. The van der Waals surface area contributed by atoms with E-state index in [4.69, 9.17) is 9.47 Å². The standard InChI is InChI=1S/C20H25NO3/c1-13-11-21(12-14(2)24-13)20(22)15(3)16-5-6-18-10-19(23-4)8-7-17(18)9-16/h5-10,13-15H,11-12H2,1-4H3/t13-,14-,15-/m0/s1. The van der Waals surface area contributed by atoms with Crippen molar-refractivity contribution in [3.05, 3.63) is 42.0 Å². The van der Waals surface area contributed by atoms with Crippen molar-refractivity contribution < 1.29 is 14.3 Å². The van der Waals surface area contributed by atoms with Gasteiger partial charge in [-0.3, -0.25) is 4.79 Å². The number of hydrogen-bond acceptors (Lipinski definition) is 3. The molecule has 1 fully saturated rings. The molecule has 0 bridgehead atoms. The zero-order valence-corrected chi connectivity index (χ0v) is 14.8. The van der Waals surface area contributed by atoms with Crippen molar-refractivity contribution in [3.8, 4) is 5.75 Å². The molecular weight excluding hydrogens is 302 g/mol. The van der Waals surface area contributed by atoms with Crippen molar-refractivity contribution in [2.24, 2.45) is 0 Å². The van der Waals surface area contributed by atoms with E-state index in [1.807, 2.05) is 49.9 Å². The van der Waals surface area contributed by atoms with Gasteiger partial charge in [0.05, 0.1) is 25.2 Å². The van der Waals surface area contributed by atoms with Crippen LogP contribution in [0.25, 0.3) is 10.8 Å². The van der Waals surface area contributed by atoms with Crippen molar-refractivity contribution in [1.29, 1.82) is 0 Å². The Labute approximate surface area is 143 Å². The zero-order valence-electron chi connectivity index (χ0n) is 14.8. The summed E-state index contributed by atoms with van der Waals surface area (Å²) in [5.41, 5.74) is 1.05. The lowest BCUT2D eigenvalue weighted by molar-refractivity contribution is -0.144. The Morgan fingerprint density at radius 1 is 1.12 bits per heavy atom. The summed E-state index contributed by atoms with van der Waals surface area (Å²) in [6, 6.07) is 12.2. The SMILES string of the molecule is COc1ccc2cc([C@H](C)C(=O)N3C[C@H](C)O[C@@H](C)C3)ccc2c1. The fourth-order valence-electron chi connectivity index (χ4n) is 3.41. The van der Waals surface area contributed by atoms with Gasteiger partial charge in [-0.2, -0.15) is 0 Å². The first-order valence-electron chi connectivity index (χ1n) is 8.50. The topological polar surface area (TPSA) is 38.8 Å². The molecule has 1 amide bonds. The number of benzene rings is 2. The first-order valence-corrected chi connectivity index (χ1v) is 8.50. The minimum Gasteiger partial charge on any atom is -0.497 e. The van der Waals surface area contributed by atoms with Crippen LogP contribution in [0.4, 0.5) is 0 Å². The summed E-state index contributed by atoms with van der Waals surface area (Å²) < 4.78 is 11.0. The normalized spacial score (nSPS) is 22.4. The van der Waals surface area contributed by atoms with E-state index in [-0.39, 0.29) is 24.0 Å². The number of morpholine rings is 1. The summed E-state index contributed by atoms with van der Waals surface area (Å²) in [5.74, 6) is 0.856. The van der Waals surface area contributed by atoms with Gasteiger partial charge in [0.15, 0.2) is 0 Å². The van der Waals surface area contributed by atoms with Crippen molar-refractivity contribution in [2.45, 2.75) is 38.9 Å². The van der Waals surface area contributed by atoms with Crippen molar-refractivity contribution in [1.82, 2.24) is 4.90 Å². The Morgan fingerprint density at radius 2 is 1.75 bits per heavy atom. The molecule has 3 rings (SSSR count). The van der Waals surface area contributed by atoms with Gasteiger partial charge < -0.3 is 14.4 Å². The number of nitrogens with zero attached hydrogens (tertiary/aromatic N) is 1. The van der Waals surface area contributed by atoms with Gasteiger partial charge in [0.1, 0.15) is 5.75 Å². The van der Waals surface area contributed by atoms with E-state index >= 15 is 0 Å². The molecule has 1 aliphatic heterocycles. The summed E-state index contributed by atoms with van der Waals surface area (Å²) in [4.78, 5) is 14.8. The quantitative estimate of drug-likeness (QED) is 0.865. The Morgan fingerprint density at radius 3 is 2.42 bits per heavy atom. The fourth-order valence-corrected chi connectivity index (χ4v) is 3.41. The second kappa shape index (κ2) is 6.81. The Balaban J connectivity index is 1.82. The highest BCUT2D eigenvalue weighted by atomic mass is 16.5. The number of fused-ring (bicyclic) bond motifs is 1. The third kappa shape index (κ3) is 3.39. The maximum absolute atomic E-state index is 12.9. The third-order valence-electron chi connectivity index (χ3n) is 4.67. The first-order chi connectivity index (χ1) is 11.5. The number of carbonyl (C=O) groups excluding carboxylic acids is 1. The highest BCUT2D eigenvalue weighted by Crippen LogP contribution is 2.27. The van der Waals surface area contributed by atoms with Gasteiger partial charge >= 0.3 is 0 Å². The molecule has 4 heteroatoms. The fraction of sp³-hybridized carbons (Fsp3) is 0.450. The molecular formula is C20H25NO3. The van der Waals surface area contributed by atoms with Crippen LogP contribution in [0.3, 0.4) is 0 Å². The van der Waals surface area contributed by atoms with E-state index in [0.29, 0.717) is 13.1 Å². The highest BCUT2D eigenvalue weighted by molar-refractivity contribution is 5.88. The number of rotatable bonds is 3. The minimum absolute atomic E-state index is 0.0916. The second-order valence-corrected chi connectivity index (χ2v) is 6.69. The van der Waals surface area contributed by atoms with Gasteiger partial charge in [-0.25, -0.2) is 0 Å². The first kappa shape index (κ1) is 16.8. The Hall–Kier alpha value is -2.07. The molecule has 0 N–H and O–H groups in total. The van der Waals surface area contributed by atoms with E-state index < -0.39 is 0 Å². The molecule has 1 saturated heterocycles. The summed E-state index contributed by atoms with van der Waals surface area (Å²) in [6.07, 6.45) is 0.183. The predicted molar refractivity (Wildman–Crippen MR) is 95.5 cm³/mol. The van der Waals surface area contributed by atoms with Crippen LogP contribution < -0.4 is 4.74 Å². The molecule has 128 valence electrons. The van der Waals surface area contributed by atoms with Crippen LogP contribution in [0.1, 0.15) is 32.3 Å². The van der Waals surface area contributed by atoms with Crippen LogP contribution in [0.2, 0.25) is 0 Å². The Bertz CT molecular complexity index is 733. The van der Waals surface area contributed by atoms with Crippen molar-refractivity contribution in [3.63, 3.8) is 0 Å². The van der Waals surface area contributed by atoms with Crippen LogP contribution in [-0.4, -0.2) is 43.2 Å². The Kier molecular flexibility index (Phi) is 4.76. The van der Waals surface area contributed by atoms with Crippen molar-refractivity contribution in [2.75, 3.05) is 20.2 Å². The van der Waals surface area contributed by atoms with Gasteiger partial charge in [0.25, 0.3) is 0 Å². The van der Waals surface area contributed by atoms with Crippen LogP contribution in [0.15, 0.2) is 36.4 Å². The van der Waals surface area contributed by atoms with Crippen LogP contribution >= 0.6 is 0 Å². The molecule has 0 aromatic heterocycles. The van der Waals surface area contributed by atoms with Gasteiger partial charge in [-0.15, -0.1) is 0 Å². The van der Waals surface area contributed by atoms with Gasteiger partial charge in [0, 0.05) is 13.1 Å². The minimum atomic E-state index is -0.158. The average Bonchev–Trinajstić information content (AvgIpc) is 2.58. The number of methoxy groups -OCH3 is 1. The van der Waals surface area contributed by atoms with E-state index in [2.05, 4.69) is 12.1 Å². The zero-order chi connectivity index (χ0) is 17.3. The summed E-state index contributed by atoms with van der Waals surface area (Å²) in [7, 11) is 1.67. The van der Waals surface area contributed by atoms with Crippen LogP contribution in [0.5, 0.6) is 5.75 Å². The van der Waals surface area contributed by atoms with E-state index in [1.54, 1.807) is 7.11 Å². The molecule has 3 atom stereocenters. The molecule has 24 heavy (non-hydrogen) atoms. The molecule has 1 heterocycles.